The van der Waals surface area contributed by atoms with Gasteiger partial charge in [-0.3, -0.25) is 14.4 Å². The maximum absolute atomic E-state index is 12.2. The van der Waals surface area contributed by atoms with E-state index in [1.807, 2.05) is 6.07 Å². The highest BCUT2D eigenvalue weighted by Gasteiger charge is 2.15. The second-order valence-corrected chi connectivity index (χ2v) is 4.75. The Bertz CT molecular complexity index is 560. The Labute approximate surface area is 129 Å². The fourth-order valence-electron chi connectivity index (χ4n) is 1.87. The molecule has 0 aliphatic heterocycles. The Morgan fingerprint density at radius 3 is 2.36 bits per heavy atom. The first-order chi connectivity index (χ1) is 10.4. The van der Waals surface area contributed by atoms with E-state index in [4.69, 9.17) is 4.74 Å². The molecular formula is C17H20O5. The highest BCUT2D eigenvalue weighted by molar-refractivity contribution is 5.98. The summed E-state index contributed by atoms with van der Waals surface area (Å²) in [4.78, 5) is 34.8. The van der Waals surface area contributed by atoms with E-state index in [-0.39, 0.29) is 18.1 Å². The van der Waals surface area contributed by atoms with E-state index >= 15 is 0 Å². The summed E-state index contributed by atoms with van der Waals surface area (Å²) in [5.74, 6) is -1.55. The molecule has 0 amide bonds. The molecule has 0 saturated heterocycles. The smallest absolute Gasteiger partial charge is 0.322 e. The molecule has 1 unspecified atom stereocenters. The third-order valence-corrected chi connectivity index (χ3v) is 2.83. The summed E-state index contributed by atoms with van der Waals surface area (Å²) in [6, 6.07) is 8.87. The second-order valence-electron chi connectivity index (χ2n) is 4.75. The molecule has 0 saturated carbocycles. The average Bonchev–Trinajstić information content (AvgIpc) is 2.47. The van der Waals surface area contributed by atoms with Gasteiger partial charge in [-0.15, -0.1) is 0 Å². The molecule has 5 nitrogen and oxygen atoms in total. The fraction of sp³-hybridized carbons (Fsp3) is 0.353. The van der Waals surface area contributed by atoms with Crippen LogP contribution in [0, 0.1) is 5.92 Å². The van der Waals surface area contributed by atoms with Gasteiger partial charge in [0.15, 0.2) is 5.78 Å². The molecule has 0 aromatic heterocycles. The van der Waals surface area contributed by atoms with Crippen LogP contribution >= 0.6 is 0 Å². The Kier molecular flexibility index (Phi) is 7.02. The van der Waals surface area contributed by atoms with Gasteiger partial charge in [0.1, 0.15) is 12.2 Å². The Morgan fingerprint density at radius 2 is 1.77 bits per heavy atom. The van der Waals surface area contributed by atoms with Crippen molar-refractivity contribution < 1.29 is 23.9 Å². The van der Waals surface area contributed by atoms with Gasteiger partial charge in [-0.2, -0.15) is 0 Å². The minimum absolute atomic E-state index is 0.0682. The van der Waals surface area contributed by atoms with Crippen LogP contribution in [0.4, 0.5) is 0 Å². The first-order valence-electron chi connectivity index (χ1n) is 7.08. The summed E-state index contributed by atoms with van der Waals surface area (Å²) in [7, 11) is 0. The number of benzene rings is 1. The maximum atomic E-state index is 12.2. The quantitative estimate of drug-likeness (QED) is 0.335. The maximum Gasteiger partial charge on any atom is 0.322 e. The first-order valence-corrected chi connectivity index (χ1v) is 7.08. The number of hydrogen-bond donors (Lipinski definition) is 0. The summed E-state index contributed by atoms with van der Waals surface area (Å²) in [6.45, 7) is 5.16. The minimum Gasteiger partial charge on any atom is -0.466 e. The lowest BCUT2D eigenvalue weighted by Crippen LogP contribution is -2.14. The number of hydrogen-bond acceptors (Lipinski definition) is 5. The molecule has 0 fully saturated rings. The zero-order chi connectivity index (χ0) is 16.5. The van der Waals surface area contributed by atoms with Gasteiger partial charge in [0.2, 0.25) is 0 Å². The third kappa shape index (κ3) is 5.91. The molecule has 1 rings (SSSR count). The SMILES string of the molecule is CCOC(=O)CC(=O)O/C(C)=C/C(C)C(=O)c1ccccc1. The lowest BCUT2D eigenvalue weighted by Gasteiger charge is -2.09. The predicted octanol–water partition coefficient (Wildman–Crippen LogP) is 2.91. The van der Waals surface area contributed by atoms with Crippen LogP contribution in [0.25, 0.3) is 0 Å². The molecule has 1 atom stereocenters. The number of ether oxygens (including phenoxy) is 2. The molecule has 0 N–H and O–H groups in total. The zero-order valence-corrected chi connectivity index (χ0v) is 13.0. The van der Waals surface area contributed by atoms with Gasteiger partial charge in [0.05, 0.1) is 6.61 Å². The van der Waals surface area contributed by atoms with Gasteiger partial charge in [-0.05, 0) is 19.9 Å². The predicted molar refractivity (Wildman–Crippen MR) is 81.0 cm³/mol. The van der Waals surface area contributed by atoms with Crippen LogP contribution in [0.1, 0.15) is 37.6 Å². The molecule has 22 heavy (non-hydrogen) atoms. The molecule has 5 heteroatoms. The van der Waals surface area contributed by atoms with Crippen molar-refractivity contribution in [2.75, 3.05) is 6.61 Å². The van der Waals surface area contributed by atoms with E-state index in [2.05, 4.69) is 4.74 Å². The van der Waals surface area contributed by atoms with E-state index < -0.39 is 24.3 Å². The van der Waals surface area contributed by atoms with E-state index in [1.165, 1.54) is 0 Å². The summed E-state index contributed by atoms with van der Waals surface area (Å²) in [5, 5.41) is 0. The van der Waals surface area contributed by atoms with Crippen LogP contribution in [0.15, 0.2) is 42.2 Å². The van der Waals surface area contributed by atoms with Gasteiger partial charge in [0, 0.05) is 11.5 Å². The van der Waals surface area contributed by atoms with Crippen molar-refractivity contribution in [3.05, 3.63) is 47.7 Å². The number of carbonyl (C=O) groups excluding carboxylic acids is 3. The largest absolute Gasteiger partial charge is 0.466 e. The molecule has 0 bridgehead atoms. The summed E-state index contributed by atoms with van der Waals surface area (Å²) >= 11 is 0. The molecule has 1 aromatic rings. The van der Waals surface area contributed by atoms with Crippen LogP contribution in [0.3, 0.4) is 0 Å². The first kappa shape index (κ1) is 17.6. The Morgan fingerprint density at radius 1 is 1.14 bits per heavy atom. The van der Waals surface area contributed by atoms with Gasteiger partial charge in [-0.25, -0.2) is 0 Å². The molecule has 0 radical (unpaired) electrons. The minimum atomic E-state index is -0.702. The standard InChI is InChI=1S/C17H20O5/c1-4-21-15(18)11-16(19)22-13(3)10-12(2)17(20)14-8-6-5-7-9-14/h5-10,12H,4,11H2,1-3H3/b13-10+. The van der Waals surface area contributed by atoms with Crippen LogP contribution in [-0.4, -0.2) is 24.3 Å². The van der Waals surface area contributed by atoms with Gasteiger partial charge >= 0.3 is 11.9 Å². The molecule has 0 aliphatic rings. The molecule has 0 heterocycles. The third-order valence-electron chi connectivity index (χ3n) is 2.83. The van der Waals surface area contributed by atoms with Crippen LogP contribution in [0.2, 0.25) is 0 Å². The summed E-state index contributed by atoms with van der Waals surface area (Å²) < 4.78 is 9.65. The lowest BCUT2D eigenvalue weighted by molar-refractivity contribution is -0.152. The van der Waals surface area contributed by atoms with Crippen molar-refractivity contribution >= 4 is 17.7 Å². The van der Waals surface area contributed by atoms with Crippen molar-refractivity contribution in [1.29, 1.82) is 0 Å². The van der Waals surface area contributed by atoms with Crippen molar-refractivity contribution in [1.82, 2.24) is 0 Å². The Hall–Kier alpha value is -2.43. The van der Waals surface area contributed by atoms with Crippen LogP contribution < -0.4 is 0 Å². The van der Waals surface area contributed by atoms with E-state index in [9.17, 15) is 14.4 Å². The van der Waals surface area contributed by atoms with Crippen LogP contribution in [0.5, 0.6) is 0 Å². The molecule has 0 aliphatic carbocycles. The molecule has 118 valence electrons. The molecular weight excluding hydrogens is 284 g/mol. The normalized spacial score (nSPS) is 12.4. The number of ketones is 1. The average molecular weight is 304 g/mol. The number of rotatable bonds is 7. The highest BCUT2D eigenvalue weighted by Crippen LogP contribution is 2.13. The summed E-state index contributed by atoms with van der Waals surface area (Å²) in [5.41, 5.74) is 0.594. The number of allylic oxidation sites excluding steroid dienone is 2. The van der Waals surface area contributed by atoms with Gasteiger partial charge in [-0.1, -0.05) is 37.3 Å². The number of esters is 2. The number of carbonyl (C=O) groups is 3. The van der Waals surface area contributed by atoms with Gasteiger partial charge in [0.25, 0.3) is 0 Å². The second kappa shape index (κ2) is 8.77. The van der Waals surface area contributed by atoms with Crippen molar-refractivity contribution in [2.24, 2.45) is 5.92 Å². The van der Waals surface area contributed by atoms with Crippen molar-refractivity contribution in [3.63, 3.8) is 0 Å². The molecule has 0 spiro atoms. The fourth-order valence-corrected chi connectivity index (χ4v) is 1.87. The molecule has 1 aromatic carbocycles. The van der Waals surface area contributed by atoms with Crippen molar-refractivity contribution in [2.45, 2.75) is 27.2 Å². The van der Waals surface area contributed by atoms with Gasteiger partial charge < -0.3 is 9.47 Å². The van der Waals surface area contributed by atoms with Crippen molar-refractivity contribution in [3.8, 4) is 0 Å². The van der Waals surface area contributed by atoms with E-state index in [0.29, 0.717) is 5.56 Å². The van der Waals surface area contributed by atoms with E-state index in [0.717, 1.165) is 0 Å². The monoisotopic (exact) mass is 304 g/mol. The summed E-state index contributed by atoms with van der Waals surface area (Å²) in [6.07, 6.45) is 1.11. The lowest BCUT2D eigenvalue weighted by atomic mass is 9.99. The Balaban J connectivity index is 2.58. The topological polar surface area (TPSA) is 69.7 Å². The zero-order valence-electron chi connectivity index (χ0n) is 13.0. The van der Waals surface area contributed by atoms with Crippen LogP contribution in [-0.2, 0) is 19.1 Å². The highest BCUT2D eigenvalue weighted by atomic mass is 16.6. The number of Topliss-reactive ketones (excluding diaryl/α,β-unsaturated/α-hetero) is 1. The van der Waals surface area contributed by atoms with E-state index in [1.54, 1.807) is 51.1 Å².